The molecule has 0 aliphatic heterocycles. The van der Waals surface area contributed by atoms with E-state index in [1.807, 2.05) is 29.0 Å². The maximum atomic E-state index is 11.7. The second-order valence-electron chi connectivity index (χ2n) is 6.15. The van der Waals surface area contributed by atoms with Gasteiger partial charge in [0.1, 0.15) is 11.8 Å². The van der Waals surface area contributed by atoms with E-state index in [2.05, 4.69) is 25.3 Å². The Morgan fingerprint density at radius 3 is 2.86 bits per heavy atom. The van der Waals surface area contributed by atoms with Crippen LogP contribution in [0.3, 0.4) is 0 Å². The summed E-state index contributed by atoms with van der Waals surface area (Å²) in [4.78, 5) is 27.4. The van der Waals surface area contributed by atoms with Gasteiger partial charge in [0.25, 0.3) is 0 Å². The van der Waals surface area contributed by atoms with Crippen molar-refractivity contribution in [1.82, 2.24) is 24.5 Å². The van der Waals surface area contributed by atoms with Crippen molar-refractivity contribution in [3.8, 4) is 11.6 Å². The Morgan fingerprint density at radius 1 is 1.14 bits per heavy atom. The summed E-state index contributed by atoms with van der Waals surface area (Å²) < 4.78 is 7.71. The molecule has 0 spiro atoms. The summed E-state index contributed by atoms with van der Waals surface area (Å²) >= 11 is 0. The average Bonchev–Trinajstić information content (AvgIpc) is 3.25. The van der Waals surface area contributed by atoms with Gasteiger partial charge in [-0.3, -0.25) is 15.1 Å². The lowest BCUT2D eigenvalue weighted by molar-refractivity contribution is -0.385. The Bertz CT molecular complexity index is 1130. The van der Waals surface area contributed by atoms with Crippen LogP contribution in [-0.2, 0) is 6.54 Å². The maximum Gasteiger partial charge on any atom is 0.373 e. The number of fused-ring (bicyclic) bond motifs is 1. The molecular weight excluding hydrogens is 374 g/mol. The summed E-state index contributed by atoms with van der Waals surface area (Å²) in [5, 5.41) is 15.6. The van der Waals surface area contributed by atoms with Crippen LogP contribution in [0.2, 0.25) is 0 Å². The number of benzene rings is 1. The first kappa shape index (κ1) is 18.3. The van der Waals surface area contributed by atoms with Gasteiger partial charge in [-0.2, -0.15) is 4.98 Å². The molecule has 0 aliphatic rings. The standard InChI is InChI=1S/C19H17N7O3/c27-26(28)17-18(22-8-3-10-25-11-9-20-13-25)23-12-24-19(17)29-15-6-1-4-14-5-2-7-21-16(14)15/h1-2,4-7,9,11-13H,3,8,10H2,(H,22,23,24). The molecule has 29 heavy (non-hydrogen) atoms. The predicted octanol–water partition coefficient (Wildman–Crippen LogP) is 3.42. The number of nitro groups is 1. The summed E-state index contributed by atoms with van der Waals surface area (Å²) in [7, 11) is 0. The van der Waals surface area contributed by atoms with Gasteiger partial charge in [-0.1, -0.05) is 18.2 Å². The van der Waals surface area contributed by atoms with Gasteiger partial charge in [0.15, 0.2) is 5.75 Å². The molecule has 0 amide bonds. The quantitative estimate of drug-likeness (QED) is 0.275. The number of aryl methyl sites for hydroxylation is 1. The van der Waals surface area contributed by atoms with E-state index in [9.17, 15) is 10.1 Å². The van der Waals surface area contributed by atoms with Crippen molar-refractivity contribution in [2.24, 2.45) is 0 Å². The van der Waals surface area contributed by atoms with E-state index in [4.69, 9.17) is 4.74 Å². The first-order valence-electron chi connectivity index (χ1n) is 8.93. The van der Waals surface area contributed by atoms with Gasteiger partial charge < -0.3 is 14.6 Å². The van der Waals surface area contributed by atoms with Crippen LogP contribution in [0, 0.1) is 10.1 Å². The molecular formula is C19H17N7O3. The average molecular weight is 391 g/mol. The lowest BCUT2D eigenvalue weighted by Gasteiger charge is -2.10. The highest BCUT2D eigenvalue weighted by molar-refractivity contribution is 5.84. The molecule has 0 unspecified atom stereocenters. The highest BCUT2D eigenvalue weighted by Gasteiger charge is 2.25. The van der Waals surface area contributed by atoms with Gasteiger partial charge >= 0.3 is 11.6 Å². The predicted molar refractivity (Wildman–Crippen MR) is 106 cm³/mol. The van der Waals surface area contributed by atoms with Crippen molar-refractivity contribution in [3.05, 3.63) is 71.7 Å². The molecule has 0 saturated carbocycles. The van der Waals surface area contributed by atoms with Crippen molar-refractivity contribution in [2.75, 3.05) is 11.9 Å². The summed E-state index contributed by atoms with van der Waals surface area (Å²) in [5.74, 6) is 0.357. The minimum absolute atomic E-state index is 0.110. The first-order valence-corrected chi connectivity index (χ1v) is 8.93. The minimum atomic E-state index is -0.550. The van der Waals surface area contributed by atoms with Crippen molar-refractivity contribution >= 4 is 22.4 Å². The zero-order valence-electron chi connectivity index (χ0n) is 15.3. The van der Waals surface area contributed by atoms with Gasteiger partial charge in [-0.05, 0) is 18.6 Å². The van der Waals surface area contributed by atoms with E-state index in [1.165, 1.54) is 6.33 Å². The number of imidazole rings is 1. The lowest BCUT2D eigenvalue weighted by Crippen LogP contribution is -2.10. The van der Waals surface area contributed by atoms with E-state index in [0.29, 0.717) is 17.8 Å². The smallest absolute Gasteiger partial charge is 0.373 e. The molecule has 146 valence electrons. The molecule has 3 heterocycles. The molecule has 0 bridgehead atoms. The fourth-order valence-corrected chi connectivity index (χ4v) is 2.88. The topological polar surface area (TPSA) is 121 Å². The van der Waals surface area contributed by atoms with Crippen molar-refractivity contribution < 1.29 is 9.66 Å². The lowest BCUT2D eigenvalue weighted by atomic mass is 10.2. The molecule has 0 atom stereocenters. The molecule has 0 aliphatic carbocycles. The molecule has 4 aromatic rings. The molecule has 0 radical (unpaired) electrons. The normalized spacial score (nSPS) is 10.8. The van der Waals surface area contributed by atoms with Crippen LogP contribution in [0.4, 0.5) is 11.5 Å². The first-order chi connectivity index (χ1) is 14.2. The summed E-state index contributed by atoms with van der Waals surface area (Å²) in [5.41, 5.74) is 0.279. The van der Waals surface area contributed by atoms with Crippen LogP contribution in [-0.4, -0.2) is 36.0 Å². The third-order valence-electron chi connectivity index (χ3n) is 4.22. The van der Waals surface area contributed by atoms with E-state index in [0.717, 1.165) is 18.4 Å². The number of anilines is 1. The fraction of sp³-hybridized carbons (Fsp3) is 0.158. The Labute approximate surface area is 165 Å². The number of para-hydroxylation sites is 1. The van der Waals surface area contributed by atoms with E-state index >= 15 is 0 Å². The maximum absolute atomic E-state index is 11.7. The molecule has 3 aromatic heterocycles. The van der Waals surface area contributed by atoms with Crippen molar-refractivity contribution in [3.63, 3.8) is 0 Å². The Balaban J connectivity index is 1.55. The zero-order valence-corrected chi connectivity index (χ0v) is 15.3. The van der Waals surface area contributed by atoms with E-state index in [-0.39, 0.29) is 17.4 Å². The van der Waals surface area contributed by atoms with Crippen LogP contribution in [0.5, 0.6) is 11.6 Å². The summed E-state index contributed by atoms with van der Waals surface area (Å²) in [6.07, 6.45) is 8.89. The van der Waals surface area contributed by atoms with E-state index in [1.54, 1.807) is 30.9 Å². The fourth-order valence-electron chi connectivity index (χ4n) is 2.88. The van der Waals surface area contributed by atoms with Gasteiger partial charge in [-0.15, -0.1) is 0 Å². The van der Waals surface area contributed by atoms with E-state index < -0.39 is 4.92 Å². The third-order valence-corrected chi connectivity index (χ3v) is 4.22. The number of ether oxygens (including phenoxy) is 1. The molecule has 0 saturated heterocycles. The number of rotatable bonds is 8. The van der Waals surface area contributed by atoms with Gasteiger partial charge in [0, 0.05) is 37.1 Å². The second-order valence-corrected chi connectivity index (χ2v) is 6.15. The van der Waals surface area contributed by atoms with Crippen LogP contribution in [0.15, 0.2) is 61.6 Å². The number of nitrogens with zero attached hydrogens (tertiary/aromatic N) is 6. The van der Waals surface area contributed by atoms with Gasteiger partial charge in [-0.25, -0.2) is 9.97 Å². The third kappa shape index (κ3) is 4.10. The molecule has 4 rings (SSSR count). The van der Waals surface area contributed by atoms with Crippen LogP contribution in [0.25, 0.3) is 10.9 Å². The largest absolute Gasteiger partial charge is 0.431 e. The number of nitrogens with one attached hydrogen (secondary N) is 1. The summed E-state index contributed by atoms with van der Waals surface area (Å²) in [6.45, 7) is 1.22. The molecule has 1 N–H and O–H groups in total. The summed E-state index contributed by atoms with van der Waals surface area (Å²) in [6, 6.07) is 9.07. The SMILES string of the molecule is O=[N+]([O-])c1c(NCCCn2ccnc2)ncnc1Oc1cccc2cccnc12. The molecule has 0 fully saturated rings. The van der Waals surface area contributed by atoms with Crippen LogP contribution in [0.1, 0.15) is 6.42 Å². The minimum Gasteiger partial charge on any atom is -0.431 e. The second kappa shape index (κ2) is 8.30. The number of hydrogen-bond acceptors (Lipinski definition) is 8. The van der Waals surface area contributed by atoms with Crippen molar-refractivity contribution in [1.29, 1.82) is 0 Å². The van der Waals surface area contributed by atoms with Gasteiger partial charge in [0.05, 0.1) is 11.3 Å². The monoisotopic (exact) mass is 391 g/mol. The molecule has 10 heteroatoms. The number of pyridine rings is 1. The highest BCUT2D eigenvalue weighted by atomic mass is 16.6. The van der Waals surface area contributed by atoms with Gasteiger partial charge in [0.2, 0.25) is 5.82 Å². The molecule has 1 aromatic carbocycles. The van der Waals surface area contributed by atoms with Crippen LogP contribution < -0.4 is 10.1 Å². The Hall–Kier alpha value is -4.08. The number of hydrogen-bond donors (Lipinski definition) is 1. The van der Waals surface area contributed by atoms with Crippen molar-refractivity contribution in [2.45, 2.75) is 13.0 Å². The Morgan fingerprint density at radius 2 is 2.03 bits per heavy atom. The zero-order chi connectivity index (χ0) is 20.1. The Kier molecular flexibility index (Phi) is 5.23. The molecule has 10 nitrogen and oxygen atoms in total. The van der Waals surface area contributed by atoms with Crippen LogP contribution >= 0.6 is 0 Å². The number of aromatic nitrogens is 5. The highest BCUT2D eigenvalue weighted by Crippen LogP contribution is 2.35.